The summed E-state index contributed by atoms with van der Waals surface area (Å²) in [4.78, 5) is 11.3. The van der Waals surface area contributed by atoms with E-state index in [4.69, 9.17) is 11.6 Å². The molecule has 0 saturated carbocycles. The van der Waals surface area contributed by atoms with Crippen LogP contribution in [-0.4, -0.2) is 54.8 Å². The third-order valence-corrected chi connectivity index (χ3v) is 6.47. The number of aromatic nitrogens is 1. The fourth-order valence-corrected chi connectivity index (χ4v) is 4.45. The summed E-state index contributed by atoms with van der Waals surface area (Å²) in [5.41, 5.74) is 2.37. The number of hydrogen-bond acceptors (Lipinski definition) is 4. The molecule has 1 aromatic carbocycles. The van der Waals surface area contributed by atoms with E-state index in [1.165, 1.54) is 5.56 Å². The number of guanidine groups is 1. The van der Waals surface area contributed by atoms with Crippen molar-refractivity contribution in [1.29, 1.82) is 0 Å². The summed E-state index contributed by atoms with van der Waals surface area (Å²) in [6.45, 7) is 3.87. The quantitative estimate of drug-likeness (QED) is 0.513. The normalized spacial score (nSPS) is 17.1. The van der Waals surface area contributed by atoms with Crippen LogP contribution in [-0.2, 0) is 6.54 Å². The molecule has 0 radical (unpaired) electrons. The molecule has 1 aliphatic heterocycles. The van der Waals surface area contributed by atoms with E-state index in [9.17, 15) is 0 Å². The van der Waals surface area contributed by atoms with Crippen LogP contribution in [0.25, 0.3) is 0 Å². The third kappa shape index (κ3) is 6.91. The maximum atomic E-state index is 6.15. The maximum Gasteiger partial charge on any atom is 0.191 e. The Bertz CT molecular complexity index is 778. The molecule has 2 aromatic rings. The van der Waals surface area contributed by atoms with Crippen molar-refractivity contribution in [2.45, 2.75) is 30.7 Å². The van der Waals surface area contributed by atoms with Crippen LogP contribution in [0.1, 0.15) is 29.3 Å². The smallest absolute Gasteiger partial charge is 0.191 e. The number of thioether (sulfide) groups is 1. The van der Waals surface area contributed by atoms with E-state index in [-0.39, 0.29) is 0 Å². The minimum absolute atomic E-state index is 0.326. The highest BCUT2D eigenvalue weighted by molar-refractivity contribution is 7.98. The van der Waals surface area contributed by atoms with Gasteiger partial charge in [0.25, 0.3) is 0 Å². The van der Waals surface area contributed by atoms with Gasteiger partial charge in [-0.25, -0.2) is 0 Å². The monoisotopic (exact) mass is 431 g/mol. The van der Waals surface area contributed by atoms with Gasteiger partial charge >= 0.3 is 0 Å². The van der Waals surface area contributed by atoms with Crippen molar-refractivity contribution in [3.05, 3.63) is 64.9 Å². The molecule has 1 atom stereocenters. The number of aliphatic imine (C=N–C) groups is 1. The Morgan fingerprint density at radius 2 is 2.10 bits per heavy atom. The third-order valence-electron chi connectivity index (χ3n) is 5.22. The van der Waals surface area contributed by atoms with Crippen LogP contribution in [0.5, 0.6) is 0 Å². The Hall–Kier alpha value is -1.76. The predicted molar refractivity (Wildman–Crippen MR) is 125 cm³/mol. The number of likely N-dealkylation sites (tertiary alicyclic amines) is 1. The number of rotatable bonds is 7. The van der Waals surface area contributed by atoms with Gasteiger partial charge in [0.15, 0.2) is 5.96 Å². The van der Waals surface area contributed by atoms with Crippen molar-refractivity contribution >= 4 is 29.3 Å². The largest absolute Gasteiger partial charge is 0.355 e. The van der Waals surface area contributed by atoms with Crippen LogP contribution >= 0.6 is 23.4 Å². The van der Waals surface area contributed by atoms with Gasteiger partial charge in [-0.2, -0.15) is 11.8 Å². The Labute approximate surface area is 183 Å². The average Bonchev–Trinajstić information content (AvgIpc) is 2.75. The molecule has 5 nitrogen and oxygen atoms in total. The first kappa shape index (κ1) is 21.9. The van der Waals surface area contributed by atoms with Gasteiger partial charge in [-0.3, -0.25) is 14.9 Å². The van der Waals surface area contributed by atoms with Crippen molar-refractivity contribution in [3.63, 3.8) is 0 Å². The lowest BCUT2D eigenvalue weighted by molar-refractivity contribution is 0.196. The SMILES string of the molecule is CN=C(NCC(SC)c1cccc(Cl)c1)NC1CCN(Cc2ccccn2)CC1. The standard InChI is InChI=1S/C22H30ClN5S/c1-24-22(26-15-21(29-2)17-6-5-7-18(23)14-17)27-19-9-12-28(13-10-19)16-20-8-3-4-11-25-20/h3-8,11,14,19,21H,9-10,12-13,15-16H2,1-2H3,(H2,24,26,27). The Kier molecular flexibility index (Phi) is 8.65. The molecule has 3 rings (SSSR count). The summed E-state index contributed by atoms with van der Waals surface area (Å²) in [5, 5.41) is 8.19. The lowest BCUT2D eigenvalue weighted by atomic mass is 10.0. The van der Waals surface area contributed by atoms with Crippen LogP contribution < -0.4 is 10.6 Å². The zero-order valence-electron chi connectivity index (χ0n) is 17.1. The lowest BCUT2D eigenvalue weighted by Gasteiger charge is -2.33. The molecule has 7 heteroatoms. The lowest BCUT2D eigenvalue weighted by Crippen LogP contribution is -2.49. The van der Waals surface area contributed by atoms with Crippen molar-refractivity contribution in [2.24, 2.45) is 4.99 Å². The van der Waals surface area contributed by atoms with Crippen molar-refractivity contribution in [2.75, 3.05) is 32.9 Å². The molecule has 0 aliphatic carbocycles. The molecular weight excluding hydrogens is 402 g/mol. The van der Waals surface area contributed by atoms with Crippen molar-refractivity contribution in [1.82, 2.24) is 20.5 Å². The van der Waals surface area contributed by atoms with Gasteiger partial charge in [-0.1, -0.05) is 29.8 Å². The van der Waals surface area contributed by atoms with Gasteiger partial charge in [0.1, 0.15) is 0 Å². The molecule has 1 aromatic heterocycles. The number of nitrogens with zero attached hydrogens (tertiary/aromatic N) is 3. The Morgan fingerprint density at radius 1 is 1.28 bits per heavy atom. The van der Waals surface area contributed by atoms with Gasteiger partial charge in [-0.15, -0.1) is 0 Å². The van der Waals surface area contributed by atoms with E-state index >= 15 is 0 Å². The summed E-state index contributed by atoms with van der Waals surface area (Å²) in [6, 6.07) is 14.6. The molecule has 29 heavy (non-hydrogen) atoms. The molecule has 156 valence electrons. The molecule has 1 fully saturated rings. The van der Waals surface area contributed by atoms with Gasteiger partial charge in [-0.05, 0) is 48.9 Å². The van der Waals surface area contributed by atoms with Crippen molar-refractivity contribution < 1.29 is 0 Å². The average molecular weight is 432 g/mol. The number of piperidine rings is 1. The topological polar surface area (TPSA) is 52.6 Å². The van der Waals surface area contributed by atoms with Gasteiger partial charge < -0.3 is 10.6 Å². The van der Waals surface area contributed by atoms with Crippen LogP contribution in [0.3, 0.4) is 0 Å². The number of benzene rings is 1. The van der Waals surface area contributed by atoms with Crippen LogP contribution in [0, 0.1) is 0 Å². The van der Waals surface area contributed by atoms with Gasteiger partial charge in [0.05, 0.1) is 5.69 Å². The molecule has 1 unspecified atom stereocenters. The number of nitrogens with one attached hydrogen (secondary N) is 2. The van der Waals surface area contributed by atoms with Gasteiger partial charge in [0, 0.05) is 55.7 Å². The zero-order valence-corrected chi connectivity index (χ0v) is 18.7. The van der Waals surface area contributed by atoms with E-state index < -0.39 is 0 Å². The Morgan fingerprint density at radius 3 is 2.76 bits per heavy atom. The highest BCUT2D eigenvalue weighted by Gasteiger charge is 2.20. The van der Waals surface area contributed by atoms with E-state index in [0.29, 0.717) is 11.3 Å². The number of pyridine rings is 1. The molecule has 0 bridgehead atoms. The highest BCUT2D eigenvalue weighted by atomic mass is 35.5. The van der Waals surface area contributed by atoms with Crippen molar-refractivity contribution in [3.8, 4) is 0 Å². The first-order valence-electron chi connectivity index (χ1n) is 10.1. The summed E-state index contributed by atoms with van der Waals surface area (Å²) >= 11 is 7.97. The Balaban J connectivity index is 1.44. The molecule has 1 aliphatic rings. The second-order valence-corrected chi connectivity index (χ2v) is 8.73. The summed E-state index contributed by atoms with van der Waals surface area (Å²) in [6.07, 6.45) is 6.20. The fourth-order valence-electron chi connectivity index (χ4n) is 3.58. The van der Waals surface area contributed by atoms with E-state index in [0.717, 1.165) is 55.7 Å². The highest BCUT2D eigenvalue weighted by Crippen LogP contribution is 2.27. The van der Waals surface area contributed by atoms with E-state index in [2.05, 4.69) is 50.0 Å². The number of halogens is 1. The molecule has 0 amide bonds. The minimum Gasteiger partial charge on any atom is -0.355 e. The molecule has 2 heterocycles. The second-order valence-electron chi connectivity index (χ2n) is 7.25. The number of hydrogen-bond donors (Lipinski definition) is 2. The summed E-state index contributed by atoms with van der Waals surface area (Å²) in [5.74, 6) is 0.870. The van der Waals surface area contributed by atoms with Gasteiger partial charge in [0.2, 0.25) is 0 Å². The second kappa shape index (κ2) is 11.4. The molecular formula is C22H30ClN5S. The fraction of sp³-hybridized carbons (Fsp3) is 0.455. The first-order chi connectivity index (χ1) is 14.2. The minimum atomic E-state index is 0.326. The summed E-state index contributed by atoms with van der Waals surface area (Å²) < 4.78 is 0. The summed E-state index contributed by atoms with van der Waals surface area (Å²) in [7, 11) is 1.83. The zero-order chi connectivity index (χ0) is 20.5. The molecule has 0 spiro atoms. The molecule has 2 N–H and O–H groups in total. The van der Waals surface area contributed by atoms with Crippen LogP contribution in [0.15, 0.2) is 53.7 Å². The van der Waals surface area contributed by atoms with Crippen LogP contribution in [0.4, 0.5) is 0 Å². The van der Waals surface area contributed by atoms with E-state index in [1.807, 2.05) is 49.3 Å². The van der Waals surface area contributed by atoms with E-state index in [1.54, 1.807) is 0 Å². The molecule has 1 saturated heterocycles. The van der Waals surface area contributed by atoms with Crippen LogP contribution in [0.2, 0.25) is 5.02 Å². The maximum absolute atomic E-state index is 6.15. The predicted octanol–water partition coefficient (Wildman–Crippen LogP) is 3.97. The first-order valence-corrected chi connectivity index (χ1v) is 11.7.